The molecule has 0 saturated heterocycles. The Balaban J connectivity index is 1.67. The van der Waals surface area contributed by atoms with Crippen LogP contribution in [0.1, 0.15) is 10.4 Å². The van der Waals surface area contributed by atoms with E-state index in [1.54, 1.807) is 12.1 Å². The van der Waals surface area contributed by atoms with Gasteiger partial charge in [-0.15, -0.1) is 0 Å². The summed E-state index contributed by atoms with van der Waals surface area (Å²) in [6.07, 6.45) is 3.80. The van der Waals surface area contributed by atoms with E-state index in [1.165, 1.54) is 31.4 Å². The van der Waals surface area contributed by atoms with Gasteiger partial charge in [0, 0.05) is 35.7 Å². The van der Waals surface area contributed by atoms with E-state index in [-0.39, 0.29) is 11.3 Å². The molecule has 0 aliphatic rings. The van der Waals surface area contributed by atoms with Gasteiger partial charge in [0.1, 0.15) is 11.4 Å². The van der Waals surface area contributed by atoms with Crippen molar-refractivity contribution >= 4 is 22.9 Å². The summed E-state index contributed by atoms with van der Waals surface area (Å²) in [7, 11) is 1.50. The van der Waals surface area contributed by atoms with Gasteiger partial charge < -0.3 is 14.5 Å². The summed E-state index contributed by atoms with van der Waals surface area (Å²) >= 11 is 0. The molecule has 144 valence electrons. The van der Waals surface area contributed by atoms with Gasteiger partial charge >= 0.3 is 0 Å². The molecule has 2 heterocycles. The van der Waals surface area contributed by atoms with E-state index in [2.05, 4.69) is 10.3 Å². The van der Waals surface area contributed by atoms with E-state index in [1.807, 2.05) is 41.1 Å². The topological polar surface area (TPSA) is 98.8 Å². The number of nitro benzene ring substituents is 1. The Bertz CT molecular complexity index is 1200. The first kappa shape index (κ1) is 18.2. The number of rotatable bonds is 5. The monoisotopic (exact) mass is 388 g/mol. The minimum atomic E-state index is -0.540. The van der Waals surface area contributed by atoms with Crippen LogP contribution in [0.5, 0.6) is 5.75 Å². The smallest absolute Gasteiger partial charge is 0.270 e. The second-order valence-corrected chi connectivity index (χ2v) is 6.27. The van der Waals surface area contributed by atoms with E-state index >= 15 is 0 Å². The maximum absolute atomic E-state index is 12.6. The zero-order valence-electron chi connectivity index (χ0n) is 15.4. The summed E-state index contributed by atoms with van der Waals surface area (Å²) in [6.45, 7) is 0. The van der Waals surface area contributed by atoms with Gasteiger partial charge in [0.05, 0.1) is 23.4 Å². The van der Waals surface area contributed by atoms with Crippen LogP contribution in [0.15, 0.2) is 73.1 Å². The number of ether oxygens (including phenoxy) is 1. The summed E-state index contributed by atoms with van der Waals surface area (Å²) in [5, 5.41) is 13.7. The predicted octanol–water partition coefficient (Wildman–Crippen LogP) is 4.17. The van der Waals surface area contributed by atoms with Crippen molar-refractivity contribution in [2.24, 2.45) is 0 Å². The van der Waals surface area contributed by atoms with Gasteiger partial charge in [-0.25, -0.2) is 4.98 Å². The van der Waals surface area contributed by atoms with Crippen molar-refractivity contribution in [2.45, 2.75) is 0 Å². The molecule has 1 amide bonds. The molecule has 0 aliphatic carbocycles. The van der Waals surface area contributed by atoms with Crippen LogP contribution in [-0.2, 0) is 0 Å². The Morgan fingerprint density at radius 3 is 2.76 bits per heavy atom. The van der Waals surface area contributed by atoms with Crippen molar-refractivity contribution in [3.8, 4) is 17.0 Å². The number of amides is 1. The summed E-state index contributed by atoms with van der Waals surface area (Å²) in [4.78, 5) is 27.6. The summed E-state index contributed by atoms with van der Waals surface area (Å²) in [5.41, 5.74) is 2.81. The van der Waals surface area contributed by atoms with Crippen LogP contribution in [0.3, 0.4) is 0 Å². The van der Waals surface area contributed by atoms with Crippen LogP contribution in [0, 0.1) is 10.1 Å². The van der Waals surface area contributed by atoms with E-state index in [0.717, 1.165) is 16.9 Å². The van der Waals surface area contributed by atoms with Crippen LogP contribution in [0.25, 0.3) is 16.9 Å². The third kappa shape index (κ3) is 3.63. The molecule has 0 unspecified atom stereocenters. The number of anilines is 1. The molecule has 4 rings (SSSR count). The molecule has 8 heteroatoms. The molecular weight excluding hydrogens is 372 g/mol. The van der Waals surface area contributed by atoms with Crippen LogP contribution in [0.4, 0.5) is 11.4 Å². The van der Waals surface area contributed by atoms with Crippen molar-refractivity contribution in [1.29, 1.82) is 0 Å². The Labute approximate surface area is 165 Å². The quantitative estimate of drug-likeness (QED) is 0.409. The van der Waals surface area contributed by atoms with Crippen LogP contribution >= 0.6 is 0 Å². The van der Waals surface area contributed by atoms with E-state index in [9.17, 15) is 14.9 Å². The summed E-state index contributed by atoms with van der Waals surface area (Å²) in [5.74, 6) is -0.00422. The molecule has 2 aromatic heterocycles. The van der Waals surface area contributed by atoms with Crippen molar-refractivity contribution in [1.82, 2.24) is 9.38 Å². The largest absolute Gasteiger partial charge is 0.495 e. The lowest BCUT2D eigenvalue weighted by Crippen LogP contribution is -2.13. The second kappa shape index (κ2) is 7.43. The first-order chi connectivity index (χ1) is 14.0. The average molecular weight is 388 g/mol. The maximum atomic E-state index is 12.6. The molecule has 2 aromatic carbocycles. The lowest BCUT2D eigenvalue weighted by molar-refractivity contribution is -0.384. The maximum Gasteiger partial charge on any atom is 0.270 e. The van der Waals surface area contributed by atoms with Crippen molar-refractivity contribution in [3.63, 3.8) is 0 Å². The van der Waals surface area contributed by atoms with Gasteiger partial charge in [-0.05, 0) is 36.4 Å². The summed E-state index contributed by atoms with van der Waals surface area (Å²) in [6, 6.07) is 16.6. The zero-order valence-corrected chi connectivity index (χ0v) is 15.4. The van der Waals surface area contributed by atoms with Crippen LogP contribution in [0.2, 0.25) is 0 Å². The molecule has 0 aliphatic heterocycles. The Morgan fingerprint density at radius 2 is 2.00 bits per heavy atom. The standard InChI is InChI=1S/C21H16N4O4/c1-29-19-9-8-14(18-13-24-10-3-2-7-20(24)22-18)12-17(19)23-21(26)15-5-4-6-16(11-15)25(27)28/h2-13H,1H3,(H,23,26). The highest BCUT2D eigenvalue weighted by molar-refractivity contribution is 6.05. The normalized spacial score (nSPS) is 10.7. The first-order valence-electron chi connectivity index (χ1n) is 8.73. The third-order valence-electron chi connectivity index (χ3n) is 4.43. The number of carbonyl (C=O) groups is 1. The van der Waals surface area contributed by atoms with Crippen LogP contribution < -0.4 is 10.1 Å². The molecule has 0 spiro atoms. The highest BCUT2D eigenvalue weighted by atomic mass is 16.6. The molecule has 0 saturated carbocycles. The number of pyridine rings is 1. The van der Waals surface area contributed by atoms with Gasteiger partial charge in [-0.1, -0.05) is 12.1 Å². The molecule has 1 N–H and O–H groups in total. The number of non-ortho nitro benzene ring substituents is 1. The minimum Gasteiger partial charge on any atom is -0.495 e. The lowest BCUT2D eigenvalue weighted by atomic mass is 10.1. The predicted molar refractivity (Wildman–Crippen MR) is 108 cm³/mol. The number of aromatic nitrogens is 2. The molecule has 0 bridgehead atoms. The number of nitrogens with zero attached hydrogens (tertiary/aromatic N) is 3. The number of methoxy groups -OCH3 is 1. The SMILES string of the molecule is COc1ccc(-c2cn3ccccc3n2)cc1NC(=O)c1cccc([N+](=O)[O-])c1. The summed E-state index contributed by atoms with van der Waals surface area (Å²) < 4.78 is 7.25. The number of fused-ring (bicyclic) bond motifs is 1. The Hall–Kier alpha value is -4.20. The Kier molecular flexibility index (Phi) is 4.66. The number of hydrogen-bond donors (Lipinski definition) is 1. The lowest BCUT2D eigenvalue weighted by Gasteiger charge is -2.11. The van der Waals surface area contributed by atoms with Gasteiger partial charge in [-0.2, -0.15) is 0 Å². The number of imidazole rings is 1. The highest BCUT2D eigenvalue weighted by Crippen LogP contribution is 2.31. The number of hydrogen-bond acceptors (Lipinski definition) is 5. The van der Waals surface area contributed by atoms with Gasteiger partial charge in [0.2, 0.25) is 0 Å². The average Bonchev–Trinajstić information content (AvgIpc) is 3.18. The minimum absolute atomic E-state index is 0.150. The molecule has 4 aromatic rings. The van der Waals surface area contributed by atoms with E-state index in [4.69, 9.17) is 4.74 Å². The molecule has 0 fully saturated rings. The van der Waals surface area contributed by atoms with Crippen molar-refractivity contribution in [3.05, 3.63) is 88.7 Å². The fourth-order valence-corrected chi connectivity index (χ4v) is 2.99. The molecule has 0 radical (unpaired) electrons. The molecule has 8 nitrogen and oxygen atoms in total. The van der Waals surface area contributed by atoms with Gasteiger partial charge in [0.15, 0.2) is 0 Å². The third-order valence-corrected chi connectivity index (χ3v) is 4.43. The number of carbonyl (C=O) groups excluding carboxylic acids is 1. The number of nitrogens with one attached hydrogen (secondary N) is 1. The van der Waals surface area contributed by atoms with Gasteiger partial charge in [-0.3, -0.25) is 14.9 Å². The fraction of sp³-hybridized carbons (Fsp3) is 0.0476. The highest BCUT2D eigenvalue weighted by Gasteiger charge is 2.15. The number of benzene rings is 2. The number of nitro groups is 1. The van der Waals surface area contributed by atoms with E-state index in [0.29, 0.717) is 11.4 Å². The molecule has 0 atom stereocenters. The van der Waals surface area contributed by atoms with Crippen LogP contribution in [-0.4, -0.2) is 27.3 Å². The molecular formula is C21H16N4O4. The Morgan fingerprint density at radius 1 is 1.14 bits per heavy atom. The molecule has 29 heavy (non-hydrogen) atoms. The second-order valence-electron chi connectivity index (χ2n) is 6.27. The fourth-order valence-electron chi connectivity index (χ4n) is 2.99. The zero-order chi connectivity index (χ0) is 20.4. The van der Waals surface area contributed by atoms with Crippen molar-refractivity contribution in [2.75, 3.05) is 12.4 Å². The van der Waals surface area contributed by atoms with Crippen molar-refractivity contribution < 1.29 is 14.5 Å². The van der Waals surface area contributed by atoms with E-state index < -0.39 is 10.8 Å². The van der Waals surface area contributed by atoms with Gasteiger partial charge in [0.25, 0.3) is 11.6 Å². The first-order valence-corrected chi connectivity index (χ1v) is 8.73.